The first-order valence-electron chi connectivity index (χ1n) is 8.25. The number of hydrogen-bond acceptors (Lipinski definition) is 4. The van der Waals surface area contributed by atoms with Crippen molar-refractivity contribution in [3.8, 4) is 0 Å². The van der Waals surface area contributed by atoms with Crippen molar-refractivity contribution in [1.29, 1.82) is 0 Å². The molecule has 0 spiro atoms. The summed E-state index contributed by atoms with van der Waals surface area (Å²) in [4.78, 5) is 14.2. The van der Waals surface area contributed by atoms with Crippen LogP contribution in [0.2, 0.25) is 0 Å². The number of likely N-dealkylation sites (tertiary alicyclic amines) is 1. The van der Waals surface area contributed by atoms with Gasteiger partial charge in [-0.25, -0.2) is 4.79 Å². The summed E-state index contributed by atoms with van der Waals surface area (Å²) in [6.07, 6.45) is 4.92. The van der Waals surface area contributed by atoms with E-state index in [4.69, 9.17) is 4.74 Å². The minimum absolute atomic E-state index is 0.163. The van der Waals surface area contributed by atoms with E-state index in [0.29, 0.717) is 12.1 Å². The molecule has 0 saturated carbocycles. The molecule has 0 aromatic rings. The van der Waals surface area contributed by atoms with E-state index >= 15 is 0 Å². The summed E-state index contributed by atoms with van der Waals surface area (Å²) in [7, 11) is 0. The minimum atomic E-state index is -0.420. The molecule has 0 bridgehead atoms. The summed E-state index contributed by atoms with van der Waals surface area (Å²) >= 11 is 1.88. The third-order valence-electron chi connectivity index (χ3n) is 3.61. The number of amides is 1. The largest absolute Gasteiger partial charge is 0.444 e. The van der Waals surface area contributed by atoms with Crippen molar-refractivity contribution in [2.24, 2.45) is 0 Å². The summed E-state index contributed by atoms with van der Waals surface area (Å²) in [5.74, 6) is 2.10. The molecule has 1 rings (SSSR count). The number of hydrogen-bond donors (Lipinski definition) is 1. The SMILES string of the molecule is C=CCSCCNC(C)CC1CCCN1C(=O)OC(C)(C)C. The van der Waals surface area contributed by atoms with Gasteiger partial charge in [0.2, 0.25) is 0 Å². The molecule has 1 amide bonds. The Kier molecular flexibility index (Phi) is 8.33. The summed E-state index contributed by atoms with van der Waals surface area (Å²) in [5.41, 5.74) is -0.420. The second-order valence-electron chi connectivity index (χ2n) is 6.92. The first kappa shape index (κ1) is 19.4. The van der Waals surface area contributed by atoms with Crippen molar-refractivity contribution in [2.75, 3.05) is 24.6 Å². The van der Waals surface area contributed by atoms with Crippen LogP contribution in [0.1, 0.15) is 47.0 Å². The van der Waals surface area contributed by atoms with Crippen molar-refractivity contribution in [3.05, 3.63) is 12.7 Å². The molecule has 1 aliphatic rings. The maximum atomic E-state index is 12.3. The second kappa shape index (κ2) is 9.46. The van der Waals surface area contributed by atoms with Gasteiger partial charge in [0, 0.05) is 36.7 Å². The lowest BCUT2D eigenvalue weighted by Crippen LogP contribution is -2.42. The molecule has 1 aliphatic heterocycles. The van der Waals surface area contributed by atoms with Gasteiger partial charge >= 0.3 is 6.09 Å². The topological polar surface area (TPSA) is 41.6 Å². The Labute approximate surface area is 140 Å². The number of nitrogens with zero attached hydrogens (tertiary/aromatic N) is 1. The van der Waals surface area contributed by atoms with Crippen molar-refractivity contribution in [3.63, 3.8) is 0 Å². The first-order chi connectivity index (χ1) is 10.3. The molecule has 0 aromatic carbocycles. The lowest BCUT2D eigenvalue weighted by Gasteiger charge is -2.30. The maximum absolute atomic E-state index is 12.3. The molecule has 128 valence electrons. The highest BCUT2D eigenvalue weighted by molar-refractivity contribution is 7.99. The molecule has 0 aromatic heterocycles. The van der Waals surface area contributed by atoms with Gasteiger partial charge in [-0.1, -0.05) is 6.08 Å². The third kappa shape index (κ3) is 7.54. The molecule has 2 unspecified atom stereocenters. The van der Waals surface area contributed by atoms with E-state index in [1.54, 1.807) is 0 Å². The number of carbonyl (C=O) groups excluding carboxylic acids is 1. The predicted molar refractivity (Wildman–Crippen MR) is 95.6 cm³/mol. The number of thioether (sulfide) groups is 1. The summed E-state index contributed by atoms with van der Waals surface area (Å²) in [6, 6.07) is 0.718. The molecule has 1 saturated heterocycles. The quantitative estimate of drug-likeness (QED) is 0.545. The maximum Gasteiger partial charge on any atom is 0.410 e. The van der Waals surface area contributed by atoms with Crippen molar-refractivity contribution < 1.29 is 9.53 Å². The normalized spacial score (nSPS) is 20.0. The van der Waals surface area contributed by atoms with Crippen molar-refractivity contribution in [2.45, 2.75) is 64.6 Å². The molecule has 22 heavy (non-hydrogen) atoms. The van der Waals surface area contributed by atoms with Crippen LogP contribution in [-0.2, 0) is 4.74 Å². The van der Waals surface area contributed by atoms with E-state index in [2.05, 4.69) is 18.8 Å². The number of carbonyl (C=O) groups is 1. The Morgan fingerprint density at radius 1 is 1.55 bits per heavy atom. The molecule has 0 aliphatic carbocycles. The number of nitrogens with one attached hydrogen (secondary N) is 1. The number of ether oxygens (including phenoxy) is 1. The zero-order valence-electron chi connectivity index (χ0n) is 14.6. The molecule has 1 fully saturated rings. The standard InChI is InChI=1S/C17H32N2O2S/c1-6-11-22-12-9-18-14(2)13-15-8-7-10-19(15)16(20)21-17(3,4)5/h6,14-15,18H,1,7-13H2,2-5H3. The van der Waals surface area contributed by atoms with Gasteiger partial charge in [0.25, 0.3) is 0 Å². The van der Waals surface area contributed by atoms with E-state index in [1.807, 2.05) is 43.5 Å². The average molecular weight is 329 g/mol. The summed E-state index contributed by atoms with van der Waals surface area (Å²) < 4.78 is 5.51. The van der Waals surface area contributed by atoms with Crippen LogP contribution in [0.3, 0.4) is 0 Å². The Morgan fingerprint density at radius 2 is 2.27 bits per heavy atom. The van der Waals surface area contributed by atoms with Gasteiger partial charge in [-0.05, 0) is 47.0 Å². The van der Waals surface area contributed by atoms with Gasteiger partial charge in [-0.3, -0.25) is 0 Å². The van der Waals surface area contributed by atoms with Crippen LogP contribution in [0, 0.1) is 0 Å². The van der Waals surface area contributed by atoms with E-state index in [-0.39, 0.29) is 6.09 Å². The smallest absolute Gasteiger partial charge is 0.410 e. The lowest BCUT2D eigenvalue weighted by molar-refractivity contribution is 0.0215. The zero-order valence-corrected chi connectivity index (χ0v) is 15.4. The molecule has 2 atom stereocenters. The molecule has 4 nitrogen and oxygen atoms in total. The van der Waals surface area contributed by atoms with Gasteiger partial charge in [0.15, 0.2) is 0 Å². The van der Waals surface area contributed by atoms with Crippen molar-refractivity contribution in [1.82, 2.24) is 10.2 Å². The highest BCUT2D eigenvalue weighted by Gasteiger charge is 2.32. The molecule has 1 heterocycles. The fourth-order valence-corrected chi connectivity index (χ4v) is 3.27. The van der Waals surface area contributed by atoms with Crippen LogP contribution >= 0.6 is 11.8 Å². The van der Waals surface area contributed by atoms with Gasteiger partial charge in [-0.15, -0.1) is 6.58 Å². The highest BCUT2D eigenvalue weighted by Crippen LogP contribution is 2.24. The monoisotopic (exact) mass is 328 g/mol. The third-order valence-corrected chi connectivity index (χ3v) is 4.57. The van der Waals surface area contributed by atoms with Crippen LogP contribution < -0.4 is 5.32 Å². The van der Waals surface area contributed by atoms with Crippen LogP contribution in [0.4, 0.5) is 4.79 Å². The summed E-state index contributed by atoms with van der Waals surface area (Å²) in [6.45, 7) is 13.5. The van der Waals surface area contributed by atoms with Crippen LogP contribution in [0.25, 0.3) is 0 Å². The Hall–Kier alpha value is -0.680. The minimum Gasteiger partial charge on any atom is -0.444 e. The Bertz CT molecular complexity index is 355. The molecular weight excluding hydrogens is 296 g/mol. The Morgan fingerprint density at radius 3 is 2.91 bits per heavy atom. The fourth-order valence-electron chi connectivity index (χ4n) is 2.68. The van der Waals surface area contributed by atoms with Gasteiger partial charge in [0.1, 0.15) is 5.60 Å². The molecule has 5 heteroatoms. The van der Waals surface area contributed by atoms with E-state index in [9.17, 15) is 4.79 Å². The molecule has 0 radical (unpaired) electrons. The average Bonchev–Trinajstić information content (AvgIpc) is 2.84. The summed E-state index contributed by atoms with van der Waals surface area (Å²) in [5, 5.41) is 3.54. The van der Waals surface area contributed by atoms with Crippen LogP contribution in [-0.4, -0.2) is 53.3 Å². The predicted octanol–water partition coefficient (Wildman–Crippen LogP) is 3.67. The van der Waals surface area contributed by atoms with Crippen LogP contribution in [0.5, 0.6) is 0 Å². The fraction of sp³-hybridized carbons (Fsp3) is 0.824. The molecule has 1 N–H and O–H groups in total. The van der Waals surface area contributed by atoms with Crippen molar-refractivity contribution >= 4 is 17.9 Å². The molecular formula is C17H32N2O2S. The Balaban J connectivity index is 2.33. The van der Waals surface area contributed by atoms with Gasteiger partial charge < -0.3 is 15.0 Å². The lowest BCUT2D eigenvalue weighted by atomic mass is 10.1. The second-order valence-corrected chi connectivity index (χ2v) is 8.07. The van der Waals surface area contributed by atoms with E-state index < -0.39 is 5.60 Å². The zero-order chi connectivity index (χ0) is 16.6. The van der Waals surface area contributed by atoms with E-state index in [0.717, 1.165) is 43.9 Å². The number of rotatable bonds is 8. The van der Waals surface area contributed by atoms with E-state index in [1.165, 1.54) is 0 Å². The van der Waals surface area contributed by atoms with Gasteiger partial charge in [-0.2, -0.15) is 11.8 Å². The first-order valence-corrected chi connectivity index (χ1v) is 9.40. The highest BCUT2D eigenvalue weighted by atomic mass is 32.2. The van der Waals surface area contributed by atoms with Crippen LogP contribution in [0.15, 0.2) is 12.7 Å². The van der Waals surface area contributed by atoms with Gasteiger partial charge in [0.05, 0.1) is 0 Å².